The highest BCUT2D eigenvalue weighted by Gasteiger charge is 2.28. The van der Waals surface area contributed by atoms with E-state index in [1.807, 2.05) is 26.8 Å². The molecule has 3 aromatic heterocycles. The Bertz CT molecular complexity index is 1660. The first-order valence-corrected chi connectivity index (χ1v) is 13.2. The summed E-state index contributed by atoms with van der Waals surface area (Å²) in [5.74, 6) is 0.0910. The van der Waals surface area contributed by atoms with E-state index in [4.69, 9.17) is 4.52 Å². The van der Waals surface area contributed by atoms with Crippen LogP contribution in [0, 0.1) is 12.7 Å². The molecule has 1 fully saturated rings. The lowest BCUT2D eigenvalue weighted by molar-refractivity contribution is 0.178. The average molecular weight is 549 g/mol. The van der Waals surface area contributed by atoms with Crippen LogP contribution in [0.25, 0.3) is 22.0 Å². The van der Waals surface area contributed by atoms with Crippen LogP contribution in [0.5, 0.6) is 0 Å². The van der Waals surface area contributed by atoms with Crippen molar-refractivity contribution in [3.63, 3.8) is 0 Å². The predicted octanol–water partition coefficient (Wildman–Crippen LogP) is 5.57. The highest BCUT2D eigenvalue weighted by molar-refractivity contribution is 5.99. The van der Waals surface area contributed by atoms with Gasteiger partial charge in [0.05, 0.1) is 23.0 Å². The molecule has 2 amide bonds. The molecule has 1 aliphatic rings. The zero-order valence-corrected chi connectivity index (χ0v) is 23.1. The molecule has 40 heavy (non-hydrogen) atoms. The van der Waals surface area contributed by atoms with Crippen molar-refractivity contribution >= 4 is 34.3 Å². The molecule has 10 nitrogen and oxygen atoms in total. The molecule has 1 unspecified atom stereocenters. The van der Waals surface area contributed by atoms with Gasteiger partial charge in [0.15, 0.2) is 0 Å². The molecule has 1 saturated carbocycles. The van der Waals surface area contributed by atoms with Gasteiger partial charge in [0, 0.05) is 47.8 Å². The number of benzene rings is 1. The van der Waals surface area contributed by atoms with Gasteiger partial charge in [0.25, 0.3) is 5.56 Å². The molecule has 1 aromatic carbocycles. The Kier molecular flexibility index (Phi) is 7.09. The number of halogens is 1. The second kappa shape index (κ2) is 10.4. The number of aryl methyl sites for hydroxylation is 1. The molecule has 1 aliphatic carbocycles. The highest BCUT2D eigenvalue weighted by Crippen LogP contribution is 2.35. The molecular weight excluding hydrogens is 515 g/mol. The van der Waals surface area contributed by atoms with E-state index in [-0.39, 0.29) is 28.6 Å². The lowest BCUT2D eigenvalue weighted by Crippen LogP contribution is -2.26. The minimum atomic E-state index is -0.718. The normalized spacial score (nSPS) is 17.3. The molecular formula is C29H33FN6O4. The third-order valence-corrected chi connectivity index (χ3v) is 7.29. The molecule has 4 aromatic rings. The zero-order valence-electron chi connectivity index (χ0n) is 23.1. The van der Waals surface area contributed by atoms with Crippen LogP contribution in [0.4, 0.5) is 26.6 Å². The van der Waals surface area contributed by atoms with E-state index in [1.165, 1.54) is 12.1 Å². The van der Waals surface area contributed by atoms with Gasteiger partial charge in [-0.15, -0.1) is 0 Å². The number of pyridine rings is 2. The quantitative estimate of drug-likeness (QED) is 0.256. The lowest BCUT2D eigenvalue weighted by atomic mass is 9.92. The van der Waals surface area contributed by atoms with E-state index < -0.39 is 18.0 Å². The monoisotopic (exact) mass is 548 g/mol. The molecule has 2 atom stereocenters. The predicted molar refractivity (Wildman–Crippen MR) is 152 cm³/mol. The highest BCUT2D eigenvalue weighted by atomic mass is 19.1. The summed E-state index contributed by atoms with van der Waals surface area (Å²) >= 11 is 0. The third-order valence-electron chi connectivity index (χ3n) is 7.29. The van der Waals surface area contributed by atoms with Gasteiger partial charge in [-0.3, -0.25) is 10.1 Å². The molecule has 0 radical (unpaired) electrons. The Morgan fingerprint density at radius 2 is 1.90 bits per heavy atom. The number of aromatic nitrogens is 3. The minimum Gasteiger partial charge on any atom is -0.393 e. The van der Waals surface area contributed by atoms with E-state index >= 15 is 4.39 Å². The SMILES string of the molecule is CNc1cc2c(cn1)cc(-c1cc(NC(=O)Nc3cc(C(C)(C)C)no3)c(F)cc1C)c(=O)n2C1CC[C@@H](O)C1. The Labute approximate surface area is 230 Å². The molecule has 0 saturated heterocycles. The van der Waals surface area contributed by atoms with E-state index in [2.05, 4.69) is 26.1 Å². The number of carbonyl (C=O) groups excluding carboxylic acids is 1. The van der Waals surface area contributed by atoms with Crippen LogP contribution in [0.2, 0.25) is 0 Å². The van der Waals surface area contributed by atoms with Crippen molar-refractivity contribution in [3.05, 3.63) is 64.0 Å². The molecule has 11 heteroatoms. The van der Waals surface area contributed by atoms with Gasteiger partial charge >= 0.3 is 6.03 Å². The molecule has 0 aliphatic heterocycles. The maximum Gasteiger partial charge on any atom is 0.326 e. The van der Waals surface area contributed by atoms with E-state index in [1.54, 1.807) is 36.9 Å². The first-order valence-electron chi connectivity index (χ1n) is 13.2. The summed E-state index contributed by atoms with van der Waals surface area (Å²) < 4.78 is 21.9. The van der Waals surface area contributed by atoms with Crippen molar-refractivity contribution in [1.82, 2.24) is 14.7 Å². The van der Waals surface area contributed by atoms with Crippen molar-refractivity contribution in [2.24, 2.45) is 0 Å². The maximum absolute atomic E-state index is 15.0. The first kappa shape index (κ1) is 27.3. The minimum absolute atomic E-state index is 0.0975. The molecule has 0 spiro atoms. The number of nitrogens with one attached hydrogen (secondary N) is 3. The summed E-state index contributed by atoms with van der Waals surface area (Å²) in [6.07, 6.45) is 2.93. The number of aliphatic hydroxyl groups excluding tert-OH is 1. The number of aliphatic hydroxyl groups is 1. The van der Waals surface area contributed by atoms with Crippen molar-refractivity contribution in [1.29, 1.82) is 0 Å². The van der Waals surface area contributed by atoms with Crippen LogP contribution in [-0.4, -0.2) is 39.0 Å². The second-order valence-electron chi connectivity index (χ2n) is 11.3. The molecule has 5 rings (SSSR count). The number of fused-ring (bicyclic) bond motifs is 1. The summed E-state index contributed by atoms with van der Waals surface area (Å²) in [5.41, 5.74) is 2.08. The number of nitrogens with zero attached hydrogens (tertiary/aromatic N) is 3. The molecule has 3 heterocycles. The van der Waals surface area contributed by atoms with Crippen LogP contribution in [0.3, 0.4) is 0 Å². The lowest BCUT2D eigenvalue weighted by Gasteiger charge is -2.20. The van der Waals surface area contributed by atoms with Gasteiger partial charge in [0.2, 0.25) is 5.88 Å². The van der Waals surface area contributed by atoms with Crippen LogP contribution in [-0.2, 0) is 5.41 Å². The number of urea groups is 1. The Morgan fingerprint density at radius 3 is 2.55 bits per heavy atom. The van der Waals surface area contributed by atoms with Crippen LogP contribution in [0.1, 0.15) is 57.3 Å². The smallest absolute Gasteiger partial charge is 0.326 e. The van der Waals surface area contributed by atoms with Crippen LogP contribution < -0.4 is 21.5 Å². The van der Waals surface area contributed by atoms with Crippen molar-refractivity contribution < 1.29 is 18.8 Å². The fraction of sp³-hybridized carbons (Fsp3) is 0.379. The fourth-order valence-corrected chi connectivity index (χ4v) is 5.10. The van der Waals surface area contributed by atoms with Crippen molar-refractivity contribution in [3.8, 4) is 11.1 Å². The van der Waals surface area contributed by atoms with Gasteiger partial charge in [-0.25, -0.2) is 14.2 Å². The molecule has 0 bridgehead atoms. The Balaban J connectivity index is 1.54. The summed E-state index contributed by atoms with van der Waals surface area (Å²) in [6, 6.07) is 6.99. The van der Waals surface area contributed by atoms with E-state index in [0.717, 1.165) is 5.39 Å². The van der Waals surface area contributed by atoms with Gasteiger partial charge in [0.1, 0.15) is 11.6 Å². The van der Waals surface area contributed by atoms with E-state index in [0.29, 0.717) is 53.0 Å². The second-order valence-corrected chi connectivity index (χ2v) is 11.3. The van der Waals surface area contributed by atoms with Crippen LogP contribution >= 0.6 is 0 Å². The topological polar surface area (TPSA) is 134 Å². The number of carbonyl (C=O) groups is 1. The summed E-state index contributed by atoms with van der Waals surface area (Å²) in [5, 5.41) is 23.0. The zero-order chi connectivity index (χ0) is 28.8. The summed E-state index contributed by atoms with van der Waals surface area (Å²) in [6.45, 7) is 7.59. The average Bonchev–Trinajstić information content (AvgIpc) is 3.54. The van der Waals surface area contributed by atoms with E-state index in [9.17, 15) is 14.7 Å². The van der Waals surface area contributed by atoms with Gasteiger partial charge in [-0.1, -0.05) is 25.9 Å². The Hall–Kier alpha value is -4.25. The Morgan fingerprint density at radius 1 is 1.12 bits per heavy atom. The number of rotatable bonds is 5. The van der Waals surface area contributed by atoms with Gasteiger partial charge in [-0.05, 0) is 55.5 Å². The van der Waals surface area contributed by atoms with Crippen LogP contribution in [0.15, 0.2) is 45.8 Å². The standard InChI is InChI=1S/C29H33FN6O4/c1-15-8-21(30)22(33-28(39)34-26-13-24(35-40-26)29(2,3)4)11-19(15)20-9-16-14-32-25(31-5)12-23(16)36(27(20)38)17-6-7-18(37)10-17/h8-9,11-14,17-18,37H,6-7,10H2,1-5H3,(H,31,32)(H2,33,34,39)/t17?,18-/m1/s1. The van der Waals surface area contributed by atoms with Crippen molar-refractivity contribution in [2.75, 3.05) is 23.0 Å². The van der Waals surface area contributed by atoms with Crippen molar-refractivity contribution in [2.45, 2.75) is 64.5 Å². The van der Waals surface area contributed by atoms with Gasteiger partial charge < -0.3 is 24.8 Å². The summed E-state index contributed by atoms with van der Waals surface area (Å²) in [7, 11) is 1.75. The number of amides is 2. The third kappa shape index (κ3) is 5.29. The number of hydrogen-bond donors (Lipinski definition) is 4. The first-order chi connectivity index (χ1) is 18.9. The number of anilines is 3. The largest absolute Gasteiger partial charge is 0.393 e. The maximum atomic E-state index is 15.0. The number of hydrogen-bond acceptors (Lipinski definition) is 7. The summed E-state index contributed by atoms with van der Waals surface area (Å²) in [4.78, 5) is 31.1. The fourth-order valence-electron chi connectivity index (χ4n) is 5.10. The molecule has 4 N–H and O–H groups in total. The van der Waals surface area contributed by atoms with Gasteiger partial charge in [-0.2, -0.15) is 0 Å². The molecule has 210 valence electrons.